The lowest BCUT2D eigenvalue weighted by Gasteiger charge is -2.20. The number of hydrogen-bond acceptors (Lipinski definition) is 2. The van der Waals surface area contributed by atoms with Crippen molar-refractivity contribution < 1.29 is 9.90 Å². The molecule has 2 bridgehead atoms. The van der Waals surface area contributed by atoms with E-state index >= 15 is 0 Å². The molecule has 0 spiro atoms. The number of amides is 2. The highest BCUT2D eigenvalue weighted by atomic mass is 16.3. The van der Waals surface area contributed by atoms with Gasteiger partial charge in [0.15, 0.2) is 0 Å². The van der Waals surface area contributed by atoms with Gasteiger partial charge in [0.1, 0.15) is 0 Å². The maximum atomic E-state index is 11.9. The second kappa shape index (κ2) is 3.87. The predicted octanol–water partition coefficient (Wildman–Crippen LogP) is 1.05. The summed E-state index contributed by atoms with van der Waals surface area (Å²) in [5.41, 5.74) is 0. The molecular weight excluding hydrogens is 216 g/mol. The van der Waals surface area contributed by atoms with Crippen molar-refractivity contribution in [3.8, 4) is 0 Å². The molecule has 0 saturated heterocycles. The van der Waals surface area contributed by atoms with Crippen LogP contribution in [0.15, 0.2) is 0 Å². The molecule has 3 aliphatic carbocycles. The molecule has 17 heavy (non-hydrogen) atoms. The smallest absolute Gasteiger partial charge is 0.317 e. The van der Waals surface area contributed by atoms with E-state index < -0.39 is 6.10 Å². The Morgan fingerprint density at radius 1 is 1.41 bits per heavy atom. The molecule has 0 aromatic rings. The molecule has 2 amide bonds. The van der Waals surface area contributed by atoms with E-state index in [-0.39, 0.29) is 6.03 Å². The van der Waals surface area contributed by atoms with E-state index in [4.69, 9.17) is 0 Å². The van der Waals surface area contributed by atoms with Crippen LogP contribution in [0.1, 0.15) is 26.2 Å². The third kappa shape index (κ3) is 1.82. The first kappa shape index (κ1) is 11.3. The van der Waals surface area contributed by atoms with Gasteiger partial charge in [-0.3, -0.25) is 0 Å². The van der Waals surface area contributed by atoms with Crippen LogP contribution in [0.2, 0.25) is 0 Å². The molecular formula is C13H22N2O2. The van der Waals surface area contributed by atoms with Crippen LogP contribution in [0.4, 0.5) is 4.79 Å². The molecule has 5 atom stereocenters. The lowest BCUT2D eigenvalue weighted by molar-refractivity contribution is 0.143. The van der Waals surface area contributed by atoms with E-state index in [2.05, 4.69) is 5.32 Å². The van der Waals surface area contributed by atoms with Gasteiger partial charge in [-0.1, -0.05) is 0 Å². The lowest BCUT2D eigenvalue weighted by atomic mass is 10.0. The average molecular weight is 238 g/mol. The quantitative estimate of drug-likeness (QED) is 0.772. The summed E-state index contributed by atoms with van der Waals surface area (Å²) in [4.78, 5) is 13.5. The molecule has 4 nitrogen and oxygen atoms in total. The first-order valence-electron chi connectivity index (χ1n) is 6.77. The number of fused-ring (bicyclic) bond motifs is 5. The maximum Gasteiger partial charge on any atom is 0.317 e. The van der Waals surface area contributed by atoms with Crippen LogP contribution in [0, 0.1) is 23.7 Å². The summed E-state index contributed by atoms with van der Waals surface area (Å²) in [6.45, 7) is 2.11. The van der Waals surface area contributed by atoms with Crippen molar-refractivity contribution in [3.63, 3.8) is 0 Å². The van der Waals surface area contributed by atoms with Crippen molar-refractivity contribution in [3.05, 3.63) is 0 Å². The van der Waals surface area contributed by atoms with Crippen LogP contribution in [0.5, 0.6) is 0 Å². The molecule has 0 heterocycles. The minimum absolute atomic E-state index is 0.0234. The number of aliphatic hydroxyl groups is 1. The molecule has 5 unspecified atom stereocenters. The Kier molecular flexibility index (Phi) is 2.58. The Morgan fingerprint density at radius 3 is 2.53 bits per heavy atom. The van der Waals surface area contributed by atoms with Gasteiger partial charge in [0.2, 0.25) is 0 Å². The number of rotatable bonds is 3. The maximum absolute atomic E-state index is 11.9. The van der Waals surface area contributed by atoms with Crippen LogP contribution in [0.3, 0.4) is 0 Å². The van der Waals surface area contributed by atoms with Crippen LogP contribution >= 0.6 is 0 Å². The van der Waals surface area contributed by atoms with Crippen molar-refractivity contribution in [1.82, 2.24) is 10.2 Å². The highest BCUT2D eigenvalue weighted by Crippen LogP contribution is 2.65. The van der Waals surface area contributed by atoms with Crippen molar-refractivity contribution in [2.24, 2.45) is 23.7 Å². The number of carbonyl (C=O) groups excluding carboxylic acids is 1. The molecule has 4 heteroatoms. The molecule has 96 valence electrons. The lowest BCUT2D eigenvalue weighted by Crippen LogP contribution is -2.42. The van der Waals surface area contributed by atoms with E-state index in [0.717, 1.165) is 23.7 Å². The SMILES string of the molecule is CC(O)CN(C)C(=O)NC1C2C3CCC(C3)C12. The number of aliphatic hydroxyl groups excluding tert-OH is 1. The number of likely N-dealkylation sites (N-methyl/N-ethyl adjacent to an activating group) is 1. The number of urea groups is 1. The summed E-state index contributed by atoms with van der Waals surface area (Å²) in [7, 11) is 1.74. The van der Waals surface area contributed by atoms with Crippen LogP contribution < -0.4 is 5.32 Å². The molecule has 3 rings (SSSR count). The number of hydrogen-bond donors (Lipinski definition) is 2. The zero-order valence-corrected chi connectivity index (χ0v) is 10.6. The fraction of sp³-hybridized carbons (Fsp3) is 0.923. The van der Waals surface area contributed by atoms with Gasteiger partial charge in [-0.05, 0) is 49.9 Å². The normalized spacial score (nSPS) is 43.1. The molecule has 2 N–H and O–H groups in total. The largest absolute Gasteiger partial charge is 0.392 e. The summed E-state index contributed by atoms with van der Waals surface area (Å²) in [5.74, 6) is 3.32. The minimum Gasteiger partial charge on any atom is -0.392 e. The van der Waals surface area contributed by atoms with Crippen LogP contribution in [0.25, 0.3) is 0 Å². The van der Waals surface area contributed by atoms with Crippen molar-refractivity contribution in [2.75, 3.05) is 13.6 Å². The van der Waals surface area contributed by atoms with Crippen molar-refractivity contribution in [2.45, 2.75) is 38.3 Å². The molecule has 3 fully saturated rings. The van der Waals surface area contributed by atoms with Gasteiger partial charge in [0.25, 0.3) is 0 Å². The van der Waals surface area contributed by atoms with Crippen LogP contribution in [-0.4, -0.2) is 41.8 Å². The van der Waals surface area contributed by atoms with Gasteiger partial charge in [0.05, 0.1) is 6.10 Å². The van der Waals surface area contributed by atoms with Crippen LogP contribution in [-0.2, 0) is 0 Å². The standard InChI is InChI=1S/C13H22N2O2/c1-7(16)6-15(2)13(17)14-12-10-8-3-4-9(5-8)11(10)12/h7-12,16H,3-6H2,1-2H3,(H,14,17). The van der Waals surface area contributed by atoms with Gasteiger partial charge in [-0.25, -0.2) is 4.79 Å². The third-order valence-corrected chi connectivity index (χ3v) is 4.91. The topological polar surface area (TPSA) is 52.6 Å². The Hall–Kier alpha value is -0.770. The monoisotopic (exact) mass is 238 g/mol. The minimum atomic E-state index is -0.458. The highest BCUT2D eigenvalue weighted by molar-refractivity contribution is 5.74. The zero-order chi connectivity index (χ0) is 12.2. The second-order valence-corrected chi connectivity index (χ2v) is 6.19. The number of nitrogens with one attached hydrogen (secondary N) is 1. The molecule has 0 aromatic heterocycles. The molecule has 0 aliphatic heterocycles. The summed E-state index contributed by atoms with van der Waals surface area (Å²) < 4.78 is 0. The van der Waals surface area contributed by atoms with Gasteiger partial charge < -0.3 is 15.3 Å². The summed E-state index contributed by atoms with van der Waals surface area (Å²) in [6.07, 6.45) is 3.70. The third-order valence-electron chi connectivity index (χ3n) is 4.91. The molecule has 0 radical (unpaired) electrons. The first-order valence-corrected chi connectivity index (χ1v) is 6.77. The van der Waals surface area contributed by atoms with Gasteiger partial charge in [-0.2, -0.15) is 0 Å². The average Bonchev–Trinajstić information content (AvgIpc) is 2.69. The van der Waals surface area contributed by atoms with Gasteiger partial charge in [-0.15, -0.1) is 0 Å². The zero-order valence-electron chi connectivity index (χ0n) is 10.6. The number of nitrogens with zero attached hydrogens (tertiary/aromatic N) is 1. The Labute approximate surface area is 102 Å². The van der Waals surface area contributed by atoms with Crippen molar-refractivity contribution in [1.29, 1.82) is 0 Å². The van der Waals surface area contributed by atoms with Crippen molar-refractivity contribution >= 4 is 6.03 Å². The molecule has 0 aromatic carbocycles. The first-order chi connectivity index (χ1) is 8.08. The summed E-state index contributed by atoms with van der Waals surface area (Å²) >= 11 is 0. The van der Waals surface area contributed by atoms with E-state index in [0.29, 0.717) is 12.6 Å². The Morgan fingerprint density at radius 2 is 2.00 bits per heavy atom. The fourth-order valence-electron chi connectivity index (χ4n) is 4.25. The van der Waals surface area contributed by atoms with Gasteiger partial charge in [0, 0.05) is 19.6 Å². The summed E-state index contributed by atoms with van der Waals surface area (Å²) in [5, 5.41) is 12.4. The Balaban J connectivity index is 1.51. The van der Waals surface area contributed by atoms with E-state index in [9.17, 15) is 9.90 Å². The fourth-order valence-corrected chi connectivity index (χ4v) is 4.25. The molecule has 3 saturated carbocycles. The summed E-state index contributed by atoms with van der Waals surface area (Å²) in [6, 6.07) is 0.412. The molecule has 3 aliphatic rings. The predicted molar refractivity (Wildman–Crippen MR) is 64.4 cm³/mol. The van der Waals surface area contributed by atoms with E-state index in [1.165, 1.54) is 19.3 Å². The second-order valence-electron chi connectivity index (χ2n) is 6.19. The van der Waals surface area contributed by atoms with Gasteiger partial charge >= 0.3 is 6.03 Å². The van der Waals surface area contributed by atoms with E-state index in [1.54, 1.807) is 18.9 Å². The van der Waals surface area contributed by atoms with E-state index in [1.807, 2.05) is 0 Å². The Bertz CT molecular complexity index is 315. The highest BCUT2D eigenvalue weighted by Gasteiger charge is 2.65. The number of carbonyl (C=O) groups is 1.